The Kier molecular flexibility index (Phi) is 7.59. The molecule has 0 aromatic heterocycles. The van der Waals surface area contributed by atoms with Gasteiger partial charge in [-0.1, -0.05) is 23.2 Å². The van der Waals surface area contributed by atoms with Gasteiger partial charge in [0.2, 0.25) is 5.91 Å². The minimum atomic E-state index is -0.867. The maximum Gasteiger partial charge on any atom is 0.325 e. The molecule has 0 spiro atoms. The number of nitrogens with zero attached hydrogens (tertiary/aromatic N) is 1. The van der Waals surface area contributed by atoms with Crippen LogP contribution in [0.3, 0.4) is 0 Å². The normalized spacial score (nSPS) is 12.9. The van der Waals surface area contributed by atoms with Gasteiger partial charge in [-0.05, 0) is 18.2 Å². The minimum absolute atomic E-state index is 0.130. The number of amides is 5. The Balaban J connectivity index is 1.67. The maximum absolute atomic E-state index is 12.0. The fraction of sp³-hybridized carbons (Fsp3) is 0.312. The van der Waals surface area contributed by atoms with Crippen LogP contribution in [0.2, 0.25) is 10.0 Å². The first kappa shape index (κ1) is 21.5. The zero-order valence-electron chi connectivity index (χ0n) is 14.4. The van der Waals surface area contributed by atoms with E-state index < -0.39 is 49.4 Å². The van der Waals surface area contributed by atoms with Gasteiger partial charge < -0.3 is 20.7 Å². The Bertz CT molecular complexity index is 816. The van der Waals surface area contributed by atoms with E-state index in [1.807, 2.05) is 0 Å². The highest BCUT2D eigenvalue weighted by Gasteiger charge is 2.26. The van der Waals surface area contributed by atoms with E-state index in [0.717, 1.165) is 4.90 Å². The summed E-state index contributed by atoms with van der Waals surface area (Å²) < 4.78 is 4.69. The summed E-state index contributed by atoms with van der Waals surface area (Å²) in [7, 11) is 0. The molecule has 0 bridgehead atoms. The smallest absolute Gasteiger partial charge is 0.325 e. The highest BCUT2D eigenvalue weighted by atomic mass is 35.5. The summed E-state index contributed by atoms with van der Waals surface area (Å²) in [6.07, 6.45) is 0. The second-order valence-electron chi connectivity index (χ2n) is 5.52. The largest absolute Gasteiger partial charge is 0.454 e. The van der Waals surface area contributed by atoms with E-state index in [1.54, 1.807) is 0 Å². The van der Waals surface area contributed by atoms with Crippen molar-refractivity contribution in [3.05, 3.63) is 33.8 Å². The number of benzene rings is 1. The van der Waals surface area contributed by atoms with E-state index in [2.05, 4.69) is 16.0 Å². The molecule has 150 valence electrons. The van der Waals surface area contributed by atoms with Gasteiger partial charge in [0.25, 0.3) is 11.8 Å². The van der Waals surface area contributed by atoms with Crippen molar-refractivity contribution in [2.45, 2.75) is 0 Å². The first-order valence-corrected chi connectivity index (χ1v) is 8.77. The van der Waals surface area contributed by atoms with Crippen LogP contribution in [0, 0.1) is 0 Å². The molecule has 1 heterocycles. The van der Waals surface area contributed by atoms with Crippen molar-refractivity contribution < 1.29 is 28.7 Å². The number of urea groups is 1. The van der Waals surface area contributed by atoms with E-state index in [0.29, 0.717) is 11.6 Å². The van der Waals surface area contributed by atoms with Crippen LogP contribution < -0.4 is 16.0 Å². The number of imide groups is 1. The molecule has 1 aliphatic rings. The molecule has 0 unspecified atom stereocenters. The summed E-state index contributed by atoms with van der Waals surface area (Å²) >= 11 is 11.6. The lowest BCUT2D eigenvalue weighted by Crippen LogP contribution is -2.41. The highest BCUT2D eigenvalue weighted by Crippen LogP contribution is 2.20. The third kappa shape index (κ3) is 6.10. The van der Waals surface area contributed by atoms with Crippen LogP contribution in [0.1, 0.15) is 10.4 Å². The Morgan fingerprint density at radius 2 is 1.89 bits per heavy atom. The Labute approximate surface area is 169 Å². The Morgan fingerprint density at radius 3 is 2.54 bits per heavy atom. The van der Waals surface area contributed by atoms with Gasteiger partial charge >= 0.3 is 12.0 Å². The van der Waals surface area contributed by atoms with E-state index in [1.165, 1.54) is 18.2 Å². The quantitative estimate of drug-likeness (QED) is 0.518. The van der Waals surface area contributed by atoms with Crippen LogP contribution in [0.4, 0.5) is 4.79 Å². The zero-order valence-corrected chi connectivity index (χ0v) is 15.9. The minimum Gasteiger partial charge on any atom is -0.454 e. The summed E-state index contributed by atoms with van der Waals surface area (Å²) in [5.74, 6) is -2.77. The first-order valence-electron chi connectivity index (χ1n) is 8.01. The van der Waals surface area contributed by atoms with Gasteiger partial charge in [0.15, 0.2) is 6.61 Å². The second-order valence-corrected chi connectivity index (χ2v) is 6.37. The summed E-state index contributed by atoms with van der Waals surface area (Å²) in [6.45, 7) is -0.993. The number of nitrogens with one attached hydrogen (secondary N) is 3. The maximum atomic E-state index is 12.0. The van der Waals surface area contributed by atoms with E-state index >= 15 is 0 Å². The van der Waals surface area contributed by atoms with Gasteiger partial charge in [-0.3, -0.25) is 24.1 Å². The summed E-state index contributed by atoms with van der Waals surface area (Å²) in [5.41, 5.74) is 0.141. The predicted molar refractivity (Wildman–Crippen MR) is 97.9 cm³/mol. The molecule has 1 aromatic carbocycles. The van der Waals surface area contributed by atoms with Gasteiger partial charge in [0.05, 0.1) is 17.1 Å². The van der Waals surface area contributed by atoms with Crippen molar-refractivity contribution in [1.82, 2.24) is 20.9 Å². The Hall–Kier alpha value is -2.85. The van der Waals surface area contributed by atoms with Gasteiger partial charge in [-0.25, -0.2) is 4.79 Å². The molecule has 1 saturated heterocycles. The molecule has 1 aromatic rings. The molecule has 12 heteroatoms. The molecular weight excluding hydrogens is 415 g/mol. The molecule has 0 radical (unpaired) electrons. The molecule has 28 heavy (non-hydrogen) atoms. The van der Waals surface area contributed by atoms with Crippen LogP contribution in [0.15, 0.2) is 18.2 Å². The lowest BCUT2D eigenvalue weighted by Gasteiger charge is -2.12. The van der Waals surface area contributed by atoms with Crippen molar-refractivity contribution in [2.75, 3.05) is 32.8 Å². The third-order valence-corrected chi connectivity index (χ3v) is 4.08. The molecule has 1 fully saturated rings. The molecule has 0 saturated carbocycles. The number of ether oxygens (including phenoxy) is 1. The summed E-state index contributed by atoms with van der Waals surface area (Å²) in [5, 5.41) is 7.50. The molecule has 0 aliphatic carbocycles. The topological polar surface area (TPSA) is 134 Å². The average molecular weight is 431 g/mol. The predicted octanol–water partition coefficient (Wildman–Crippen LogP) is -0.0656. The molecule has 10 nitrogen and oxygen atoms in total. The molecule has 2 rings (SSSR count). The van der Waals surface area contributed by atoms with E-state index in [4.69, 9.17) is 27.9 Å². The average Bonchev–Trinajstić information content (AvgIpc) is 3.08. The monoisotopic (exact) mass is 430 g/mol. The number of hydrogen-bond donors (Lipinski definition) is 3. The van der Waals surface area contributed by atoms with Crippen molar-refractivity contribution >= 4 is 52.9 Å². The first-order chi connectivity index (χ1) is 13.3. The standard InChI is InChI=1S/C16H16Cl2N4O6/c17-9-1-2-10(11(18)5-9)15(26)21-6-12(23)20-7-14(25)28-8-13(24)22-4-3-19-16(22)27/h1-2,5H,3-4,6-8H2,(H,19,27)(H,20,23)(H,21,26). The van der Waals surface area contributed by atoms with E-state index in [-0.39, 0.29) is 17.1 Å². The van der Waals surface area contributed by atoms with E-state index in [9.17, 15) is 24.0 Å². The second kappa shape index (κ2) is 9.90. The molecule has 1 aliphatic heterocycles. The van der Waals surface area contributed by atoms with Gasteiger partial charge in [0, 0.05) is 18.1 Å². The number of hydrogen-bond acceptors (Lipinski definition) is 6. The van der Waals surface area contributed by atoms with Crippen LogP contribution >= 0.6 is 23.2 Å². The number of halogens is 2. The van der Waals surface area contributed by atoms with Gasteiger partial charge in [0.1, 0.15) is 6.54 Å². The SMILES string of the molecule is O=C(CNC(=O)c1ccc(Cl)cc1Cl)NCC(=O)OCC(=O)N1CCNC1=O. The van der Waals surface area contributed by atoms with Crippen LogP contribution in [-0.2, 0) is 19.1 Å². The van der Waals surface area contributed by atoms with Crippen LogP contribution in [0.5, 0.6) is 0 Å². The van der Waals surface area contributed by atoms with Gasteiger partial charge in [-0.2, -0.15) is 0 Å². The van der Waals surface area contributed by atoms with Crippen LogP contribution in [0.25, 0.3) is 0 Å². The fourth-order valence-electron chi connectivity index (χ4n) is 2.14. The van der Waals surface area contributed by atoms with Gasteiger partial charge in [-0.15, -0.1) is 0 Å². The Morgan fingerprint density at radius 1 is 1.14 bits per heavy atom. The summed E-state index contributed by atoms with van der Waals surface area (Å²) in [4.78, 5) is 59.1. The number of rotatable bonds is 7. The highest BCUT2D eigenvalue weighted by molar-refractivity contribution is 6.36. The van der Waals surface area contributed by atoms with Crippen molar-refractivity contribution in [3.8, 4) is 0 Å². The third-order valence-electron chi connectivity index (χ3n) is 3.53. The zero-order chi connectivity index (χ0) is 20.7. The number of esters is 1. The van der Waals surface area contributed by atoms with Crippen molar-refractivity contribution in [2.24, 2.45) is 0 Å². The lowest BCUT2D eigenvalue weighted by molar-refractivity contribution is -0.150. The number of carbonyl (C=O) groups excluding carboxylic acids is 5. The summed E-state index contributed by atoms with van der Waals surface area (Å²) in [6, 6.07) is 3.73. The van der Waals surface area contributed by atoms with Crippen molar-refractivity contribution in [1.29, 1.82) is 0 Å². The number of carbonyl (C=O) groups is 5. The van der Waals surface area contributed by atoms with Crippen molar-refractivity contribution in [3.63, 3.8) is 0 Å². The van der Waals surface area contributed by atoms with Crippen LogP contribution in [-0.4, -0.2) is 67.4 Å². The lowest BCUT2D eigenvalue weighted by atomic mass is 10.2. The molecule has 3 N–H and O–H groups in total. The molecule has 0 atom stereocenters. The fourth-order valence-corrected chi connectivity index (χ4v) is 2.64. The molecule has 5 amide bonds. The molecular formula is C16H16Cl2N4O6.